The third kappa shape index (κ3) is 5.10. The average Bonchev–Trinajstić information content (AvgIpc) is 2.74. The van der Waals surface area contributed by atoms with Crippen LogP contribution in [0.25, 0.3) is 0 Å². The third-order valence-corrected chi connectivity index (χ3v) is 5.48. The molecule has 0 aliphatic heterocycles. The second-order valence-electron chi connectivity index (χ2n) is 5.88. The lowest BCUT2D eigenvalue weighted by molar-refractivity contribution is 0.0844. The van der Waals surface area contributed by atoms with Gasteiger partial charge in [-0.1, -0.05) is 17.7 Å². The van der Waals surface area contributed by atoms with Crippen molar-refractivity contribution in [2.45, 2.75) is 4.90 Å². The predicted octanol–water partition coefficient (Wildman–Crippen LogP) is 2.75. The van der Waals surface area contributed by atoms with Gasteiger partial charge in [-0.05, 0) is 54.6 Å². The third-order valence-electron chi connectivity index (χ3n) is 3.78. The van der Waals surface area contributed by atoms with Crippen LogP contribution < -0.4 is 15.6 Å². The summed E-state index contributed by atoms with van der Waals surface area (Å²) in [6, 6.07) is 12.9. The van der Waals surface area contributed by atoms with E-state index >= 15 is 0 Å². The van der Waals surface area contributed by atoms with Gasteiger partial charge in [0.1, 0.15) is 11.5 Å². The molecule has 2 amide bonds. The summed E-state index contributed by atoms with van der Waals surface area (Å²) in [5, 5.41) is -0.0275. The number of hydrogen-bond donors (Lipinski definition) is 3. The first kappa shape index (κ1) is 21.2. The standard InChI is InChI=1S/C19H14ClFN4O4S/c20-16-9-8-14(30(28,29)25-13-6-4-12(21)5-7-13)11-15(16)18(26)23-24-19(27)17-3-1-2-10-22-17/h1-11,25H,(H,23,26)(H,24,27). The van der Waals surface area contributed by atoms with Gasteiger partial charge in [0.05, 0.1) is 15.5 Å². The molecule has 0 atom stereocenters. The Morgan fingerprint density at radius 1 is 0.933 bits per heavy atom. The van der Waals surface area contributed by atoms with E-state index in [4.69, 9.17) is 11.6 Å². The van der Waals surface area contributed by atoms with E-state index in [9.17, 15) is 22.4 Å². The smallest absolute Gasteiger partial charge is 0.280 e. The molecule has 3 rings (SSSR count). The van der Waals surface area contributed by atoms with Gasteiger partial charge in [0.25, 0.3) is 21.8 Å². The van der Waals surface area contributed by atoms with Crippen molar-refractivity contribution < 1.29 is 22.4 Å². The fraction of sp³-hybridized carbons (Fsp3) is 0. The number of nitrogens with zero attached hydrogens (tertiary/aromatic N) is 1. The Morgan fingerprint density at radius 3 is 2.30 bits per heavy atom. The van der Waals surface area contributed by atoms with Crippen LogP contribution in [0, 0.1) is 5.82 Å². The van der Waals surface area contributed by atoms with Gasteiger partial charge in [-0.3, -0.25) is 30.1 Å². The molecule has 30 heavy (non-hydrogen) atoms. The number of halogens is 2. The zero-order valence-electron chi connectivity index (χ0n) is 15.1. The van der Waals surface area contributed by atoms with E-state index < -0.39 is 27.7 Å². The summed E-state index contributed by atoms with van der Waals surface area (Å²) in [6.45, 7) is 0. The molecule has 1 heterocycles. The number of anilines is 1. The zero-order valence-corrected chi connectivity index (χ0v) is 16.7. The number of hydrogen-bond acceptors (Lipinski definition) is 5. The molecule has 8 nitrogen and oxygen atoms in total. The molecular formula is C19H14ClFN4O4S. The molecule has 2 aromatic carbocycles. The minimum atomic E-state index is -4.08. The largest absolute Gasteiger partial charge is 0.288 e. The molecular weight excluding hydrogens is 435 g/mol. The summed E-state index contributed by atoms with van der Waals surface area (Å²) >= 11 is 6.01. The normalized spacial score (nSPS) is 10.9. The van der Waals surface area contributed by atoms with Crippen molar-refractivity contribution in [2.24, 2.45) is 0 Å². The Bertz CT molecular complexity index is 1190. The molecule has 11 heteroatoms. The van der Waals surface area contributed by atoms with Crippen molar-refractivity contribution >= 4 is 39.1 Å². The molecule has 3 N–H and O–H groups in total. The number of carbonyl (C=O) groups excluding carboxylic acids is 2. The van der Waals surface area contributed by atoms with E-state index in [0.29, 0.717) is 0 Å². The highest BCUT2D eigenvalue weighted by Crippen LogP contribution is 2.22. The van der Waals surface area contributed by atoms with Crippen molar-refractivity contribution in [3.8, 4) is 0 Å². The van der Waals surface area contributed by atoms with Crippen LogP contribution in [-0.4, -0.2) is 25.2 Å². The predicted molar refractivity (Wildman–Crippen MR) is 108 cm³/mol. The molecule has 1 aromatic heterocycles. The second-order valence-corrected chi connectivity index (χ2v) is 7.97. The summed E-state index contributed by atoms with van der Waals surface area (Å²) < 4.78 is 40.4. The highest BCUT2D eigenvalue weighted by atomic mass is 35.5. The topological polar surface area (TPSA) is 117 Å². The van der Waals surface area contributed by atoms with E-state index in [0.717, 1.165) is 18.2 Å². The van der Waals surface area contributed by atoms with E-state index in [1.54, 1.807) is 12.1 Å². The Kier molecular flexibility index (Phi) is 6.28. The van der Waals surface area contributed by atoms with Crippen molar-refractivity contribution in [3.63, 3.8) is 0 Å². The molecule has 0 unspecified atom stereocenters. The van der Waals surface area contributed by atoms with E-state index in [2.05, 4.69) is 20.6 Å². The maximum atomic E-state index is 13.0. The Hall–Kier alpha value is -3.50. The highest BCUT2D eigenvalue weighted by Gasteiger charge is 2.19. The number of hydrazine groups is 1. The average molecular weight is 449 g/mol. The summed E-state index contributed by atoms with van der Waals surface area (Å²) in [4.78, 5) is 27.9. The van der Waals surface area contributed by atoms with Crippen LogP contribution in [-0.2, 0) is 10.0 Å². The number of aromatic nitrogens is 1. The molecule has 0 saturated carbocycles. The van der Waals surface area contributed by atoms with E-state index in [1.165, 1.54) is 36.5 Å². The van der Waals surface area contributed by atoms with Crippen LogP contribution in [0.1, 0.15) is 20.8 Å². The molecule has 0 aliphatic rings. The van der Waals surface area contributed by atoms with Gasteiger partial charge in [0.2, 0.25) is 0 Å². The van der Waals surface area contributed by atoms with Crippen LogP contribution in [0.4, 0.5) is 10.1 Å². The number of nitrogens with one attached hydrogen (secondary N) is 3. The lowest BCUT2D eigenvalue weighted by Gasteiger charge is -2.11. The van der Waals surface area contributed by atoms with Gasteiger partial charge in [0, 0.05) is 11.9 Å². The van der Waals surface area contributed by atoms with E-state index in [-0.39, 0.29) is 26.9 Å². The number of pyridine rings is 1. The maximum absolute atomic E-state index is 13.0. The van der Waals surface area contributed by atoms with Gasteiger partial charge in [-0.2, -0.15) is 0 Å². The maximum Gasteiger partial charge on any atom is 0.288 e. The summed E-state index contributed by atoms with van der Waals surface area (Å²) in [5.74, 6) is -2.01. The van der Waals surface area contributed by atoms with Crippen molar-refractivity contribution in [1.82, 2.24) is 15.8 Å². The number of benzene rings is 2. The first-order valence-corrected chi connectivity index (χ1v) is 10.2. The second kappa shape index (κ2) is 8.89. The minimum absolute atomic E-state index is 0.0275. The van der Waals surface area contributed by atoms with Crippen molar-refractivity contribution in [1.29, 1.82) is 0 Å². The Labute approximate surface area is 176 Å². The van der Waals surface area contributed by atoms with Crippen LogP contribution in [0.3, 0.4) is 0 Å². The number of rotatable bonds is 5. The van der Waals surface area contributed by atoms with Gasteiger partial charge in [0.15, 0.2) is 0 Å². The van der Waals surface area contributed by atoms with Gasteiger partial charge in [-0.25, -0.2) is 12.8 Å². The summed E-state index contributed by atoms with van der Waals surface area (Å²) in [5.41, 5.74) is 4.35. The number of amides is 2. The van der Waals surface area contributed by atoms with Crippen molar-refractivity contribution in [3.05, 3.63) is 89.0 Å². The van der Waals surface area contributed by atoms with Gasteiger partial charge in [-0.15, -0.1) is 0 Å². The molecule has 0 bridgehead atoms. The molecule has 0 saturated heterocycles. The van der Waals surface area contributed by atoms with Gasteiger partial charge >= 0.3 is 0 Å². The molecule has 0 fully saturated rings. The van der Waals surface area contributed by atoms with Crippen LogP contribution >= 0.6 is 11.6 Å². The number of sulfonamides is 1. The molecule has 3 aromatic rings. The SMILES string of the molecule is O=C(NNC(=O)c1cc(S(=O)(=O)Nc2ccc(F)cc2)ccc1Cl)c1ccccn1. The zero-order chi connectivity index (χ0) is 21.7. The highest BCUT2D eigenvalue weighted by molar-refractivity contribution is 7.92. The first-order chi connectivity index (χ1) is 14.3. The van der Waals surface area contributed by atoms with Crippen LogP contribution in [0.5, 0.6) is 0 Å². The van der Waals surface area contributed by atoms with Gasteiger partial charge < -0.3 is 0 Å². The van der Waals surface area contributed by atoms with Crippen LogP contribution in [0.2, 0.25) is 5.02 Å². The molecule has 0 radical (unpaired) electrons. The van der Waals surface area contributed by atoms with E-state index in [1.807, 2.05) is 0 Å². The molecule has 0 spiro atoms. The lowest BCUT2D eigenvalue weighted by Crippen LogP contribution is -2.42. The molecule has 0 aliphatic carbocycles. The van der Waals surface area contributed by atoms with Crippen LogP contribution in [0.15, 0.2) is 71.8 Å². The fourth-order valence-electron chi connectivity index (χ4n) is 2.32. The summed E-state index contributed by atoms with van der Waals surface area (Å²) in [6.07, 6.45) is 1.41. The Balaban J connectivity index is 1.76. The summed E-state index contributed by atoms with van der Waals surface area (Å²) in [7, 11) is -4.08. The monoisotopic (exact) mass is 448 g/mol. The number of carbonyl (C=O) groups is 2. The quantitative estimate of drug-likeness (QED) is 0.519. The molecule has 154 valence electrons. The lowest BCUT2D eigenvalue weighted by atomic mass is 10.2. The minimum Gasteiger partial charge on any atom is -0.280 e. The fourth-order valence-corrected chi connectivity index (χ4v) is 3.61. The Morgan fingerprint density at radius 2 is 1.63 bits per heavy atom. The first-order valence-electron chi connectivity index (χ1n) is 8.36. The van der Waals surface area contributed by atoms with Crippen molar-refractivity contribution in [2.75, 3.05) is 4.72 Å².